The zero-order valence-corrected chi connectivity index (χ0v) is 18.2. The Hall–Kier alpha value is -3.29. The molecule has 170 valence electrons. The first-order chi connectivity index (χ1) is 15.6. The van der Waals surface area contributed by atoms with Crippen molar-refractivity contribution in [3.05, 3.63) is 98.9 Å². The van der Waals surface area contributed by atoms with Gasteiger partial charge in [0.1, 0.15) is 11.3 Å². The molecule has 0 saturated carbocycles. The number of benzene rings is 3. The summed E-state index contributed by atoms with van der Waals surface area (Å²) in [5.74, 6) is -1.67. The highest BCUT2D eigenvalue weighted by atomic mass is 35.5. The van der Waals surface area contributed by atoms with Gasteiger partial charge in [-0.2, -0.15) is 13.2 Å². The molecule has 3 aromatic carbocycles. The van der Waals surface area contributed by atoms with E-state index in [9.17, 15) is 23.1 Å². The van der Waals surface area contributed by atoms with Gasteiger partial charge in [0, 0.05) is 18.1 Å². The predicted molar refractivity (Wildman–Crippen MR) is 121 cm³/mol. The summed E-state index contributed by atoms with van der Waals surface area (Å²) in [6.45, 7) is 0.550. The molecular weight excluding hydrogens is 455 g/mol. The number of phenols is 1. The summed E-state index contributed by atoms with van der Waals surface area (Å²) in [7, 11) is 1.76. The molecular formula is C25H19ClF3NO3. The van der Waals surface area contributed by atoms with Gasteiger partial charge in [-0.15, -0.1) is 0 Å². The first kappa shape index (κ1) is 22.9. The highest BCUT2D eigenvalue weighted by molar-refractivity contribution is 6.30. The first-order valence-electron chi connectivity index (χ1n) is 10.0. The fourth-order valence-corrected chi connectivity index (χ4v) is 3.88. The van der Waals surface area contributed by atoms with Crippen molar-refractivity contribution in [3.63, 3.8) is 0 Å². The van der Waals surface area contributed by atoms with Crippen molar-refractivity contribution >= 4 is 22.6 Å². The molecule has 0 aliphatic rings. The van der Waals surface area contributed by atoms with Gasteiger partial charge in [0.25, 0.3) is 0 Å². The van der Waals surface area contributed by atoms with Gasteiger partial charge < -0.3 is 9.52 Å². The molecule has 8 heteroatoms. The van der Waals surface area contributed by atoms with Crippen LogP contribution in [0, 0.1) is 0 Å². The summed E-state index contributed by atoms with van der Waals surface area (Å²) in [4.78, 5) is 15.0. The Morgan fingerprint density at radius 1 is 0.970 bits per heavy atom. The Bertz CT molecular complexity index is 1350. The fraction of sp³-hybridized carbons (Fsp3) is 0.160. The highest BCUT2D eigenvalue weighted by Crippen LogP contribution is 2.39. The summed E-state index contributed by atoms with van der Waals surface area (Å²) in [6.07, 6.45) is -4.93. The molecule has 0 bridgehead atoms. The molecule has 1 N–H and O–H groups in total. The Labute approximate surface area is 192 Å². The van der Waals surface area contributed by atoms with E-state index < -0.39 is 22.9 Å². The molecule has 0 aliphatic carbocycles. The van der Waals surface area contributed by atoms with Crippen molar-refractivity contribution in [2.45, 2.75) is 19.3 Å². The molecule has 1 aromatic heterocycles. The van der Waals surface area contributed by atoms with Crippen LogP contribution in [-0.2, 0) is 19.3 Å². The minimum absolute atomic E-state index is 0.0400. The standard InChI is InChI=1S/C25H19ClF3NO3/c1-30(13-15-5-3-2-4-6-15)14-19-20(31)12-11-18-22(32)21(16-7-9-17(26)10-8-16)24(25(27,28)29)33-23(18)19/h2-12,31H,13-14H2,1H3. The Kier molecular flexibility index (Phi) is 6.19. The number of aromatic hydroxyl groups is 1. The van der Waals surface area contributed by atoms with Gasteiger partial charge in [0.2, 0.25) is 11.2 Å². The molecule has 0 saturated heterocycles. The molecule has 0 aliphatic heterocycles. The third-order valence-electron chi connectivity index (χ3n) is 5.25. The number of rotatable bonds is 5. The van der Waals surface area contributed by atoms with Crippen molar-refractivity contribution in [2.24, 2.45) is 0 Å². The predicted octanol–water partition coefficient (Wildman–Crippen LogP) is 6.47. The number of nitrogens with zero attached hydrogens (tertiary/aromatic N) is 1. The van der Waals surface area contributed by atoms with Gasteiger partial charge in [-0.25, -0.2) is 0 Å². The molecule has 0 radical (unpaired) electrons. The van der Waals surface area contributed by atoms with Gasteiger partial charge in [-0.3, -0.25) is 9.69 Å². The third-order valence-corrected chi connectivity index (χ3v) is 5.50. The minimum atomic E-state index is -4.93. The molecule has 4 rings (SSSR count). The zero-order chi connectivity index (χ0) is 23.8. The molecule has 0 spiro atoms. The normalized spacial score (nSPS) is 11.9. The Morgan fingerprint density at radius 2 is 1.64 bits per heavy atom. The smallest absolute Gasteiger partial charge is 0.450 e. The van der Waals surface area contributed by atoms with Gasteiger partial charge in [0.15, 0.2) is 0 Å². The lowest BCUT2D eigenvalue weighted by atomic mass is 10.00. The number of fused-ring (bicyclic) bond motifs is 1. The minimum Gasteiger partial charge on any atom is -0.507 e. The lowest BCUT2D eigenvalue weighted by Gasteiger charge is -2.19. The van der Waals surface area contributed by atoms with Crippen LogP contribution in [0.3, 0.4) is 0 Å². The van der Waals surface area contributed by atoms with E-state index in [4.69, 9.17) is 16.0 Å². The molecule has 0 atom stereocenters. The van der Waals surface area contributed by atoms with Gasteiger partial charge in [-0.1, -0.05) is 54.1 Å². The van der Waals surface area contributed by atoms with Crippen LogP contribution in [0.15, 0.2) is 75.9 Å². The Morgan fingerprint density at radius 3 is 2.27 bits per heavy atom. The number of hydrogen-bond acceptors (Lipinski definition) is 4. The van der Waals surface area contributed by atoms with Crippen LogP contribution < -0.4 is 5.43 Å². The lowest BCUT2D eigenvalue weighted by Crippen LogP contribution is -2.19. The van der Waals surface area contributed by atoms with Crippen molar-refractivity contribution in [3.8, 4) is 16.9 Å². The van der Waals surface area contributed by atoms with Crippen molar-refractivity contribution in [1.29, 1.82) is 0 Å². The van der Waals surface area contributed by atoms with Crippen molar-refractivity contribution in [1.82, 2.24) is 4.90 Å². The highest BCUT2D eigenvalue weighted by Gasteiger charge is 2.39. The van der Waals surface area contributed by atoms with Crippen LogP contribution in [0.2, 0.25) is 5.02 Å². The second-order valence-electron chi connectivity index (χ2n) is 7.74. The molecule has 0 fully saturated rings. The van der Waals surface area contributed by atoms with Crippen molar-refractivity contribution in [2.75, 3.05) is 7.05 Å². The summed E-state index contributed by atoms with van der Waals surface area (Å²) >= 11 is 5.85. The van der Waals surface area contributed by atoms with E-state index in [1.165, 1.54) is 36.4 Å². The van der Waals surface area contributed by atoms with Crippen LogP contribution >= 0.6 is 11.6 Å². The van der Waals surface area contributed by atoms with E-state index in [-0.39, 0.29) is 34.4 Å². The topological polar surface area (TPSA) is 53.7 Å². The van der Waals surface area contributed by atoms with Crippen LogP contribution in [-0.4, -0.2) is 17.1 Å². The second-order valence-corrected chi connectivity index (χ2v) is 8.17. The summed E-state index contributed by atoms with van der Waals surface area (Å²) in [5.41, 5.74) is -0.583. The third kappa shape index (κ3) is 4.74. The quantitative estimate of drug-likeness (QED) is 0.361. The number of phenolic OH excluding ortho intramolecular Hbond substituents is 1. The monoisotopic (exact) mass is 473 g/mol. The molecule has 4 aromatic rings. The zero-order valence-electron chi connectivity index (χ0n) is 17.5. The van der Waals surface area contributed by atoms with E-state index >= 15 is 0 Å². The number of alkyl halides is 3. The van der Waals surface area contributed by atoms with Gasteiger partial charge in [-0.05, 0) is 42.4 Å². The van der Waals surface area contributed by atoms with E-state index in [0.717, 1.165) is 5.56 Å². The molecule has 33 heavy (non-hydrogen) atoms. The fourth-order valence-electron chi connectivity index (χ4n) is 3.76. The molecule has 4 nitrogen and oxygen atoms in total. The second kappa shape index (κ2) is 8.92. The largest absolute Gasteiger partial charge is 0.507 e. The summed E-state index contributed by atoms with van der Waals surface area (Å²) in [6, 6.07) is 17.5. The van der Waals surface area contributed by atoms with Crippen molar-refractivity contribution < 1.29 is 22.7 Å². The summed E-state index contributed by atoms with van der Waals surface area (Å²) < 4.78 is 47.3. The number of halogens is 4. The maximum Gasteiger partial charge on any atom is 0.450 e. The van der Waals surface area contributed by atoms with Crippen LogP contribution in [0.1, 0.15) is 16.9 Å². The van der Waals surface area contributed by atoms with Crippen LogP contribution in [0.5, 0.6) is 5.75 Å². The van der Waals surface area contributed by atoms with E-state index in [1.54, 1.807) is 7.05 Å². The number of hydrogen-bond donors (Lipinski definition) is 1. The van der Waals surface area contributed by atoms with E-state index in [0.29, 0.717) is 11.6 Å². The molecule has 0 unspecified atom stereocenters. The summed E-state index contributed by atoms with van der Waals surface area (Å²) in [5, 5.41) is 10.7. The van der Waals surface area contributed by atoms with E-state index in [1.807, 2.05) is 35.2 Å². The average molecular weight is 474 g/mol. The maximum absolute atomic E-state index is 14.0. The van der Waals surface area contributed by atoms with Gasteiger partial charge >= 0.3 is 6.18 Å². The average Bonchev–Trinajstić information content (AvgIpc) is 2.76. The van der Waals surface area contributed by atoms with Crippen LogP contribution in [0.4, 0.5) is 13.2 Å². The molecule has 0 amide bonds. The SMILES string of the molecule is CN(Cc1ccccc1)Cc1c(O)ccc2c(=O)c(-c3ccc(Cl)cc3)c(C(F)(F)F)oc12. The molecule has 1 heterocycles. The lowest BCUT2D eigenvalue weighted by molar-refractivity contribution is -0.152. The first-order valence-corrected chi connectivity index (χ1v) is 10.4. The van der Waals surface area contributed by atoms with Gasteiger partial charge in [0.05, 0.1) is 16.5 Å². The van der Waals surface area contributed by atoms with E-state index in [2.05, 4.69) is 0 Å². The van der Waals surface area contributed by atoms with Crippen LogP contribution in [0.25, 0.3) is 22.1 Å². The maximum atomic E-state index is 14.0. The Balaban J connectivity index is 1.87.